The molecule has 5 rings (SSSR count). The van der Waals surface area contributed by atoms with E-state index in [1.807, 2.05) is 42.6 Å². The number of hydrogen-bond acceptors (Lipinski definition) is 6. The first-order valence-electron chi connectivity index (χ1n) is 10.8. The fourth-order valence-corrected chi connectivity index (χ4v) is 5.71. The molecule has 2 N–H and O–H groups in total. The van der Waals surface area contributed by atoms with Crippen LogP contribution in [0.4, 0.5) is 5.82 Å². The van der Waals surface area contributed by atoms with Crippen LogP contribution in [0.3, 0.4) is 0 Å². The molecule has 3 aromatic rings. The highest BCUT2D eigenvalue weighted by Crippen LogP contribution is 2.44. The van der Waals surface area contributed by atoms with Crippen molar-refractivity contribution in [2.24, 2.45) is 11.8 Å². The number of fused-ring (bicyclic) bond motifs is 2. The van der Waals surface area contributed by atoms with Gasteiger partial charge in [-0.3, -0.25) is 0 Å². The van der Waals surface area contributed by atoms with Crippen LogP contribution in [0.25, 0.3) is 5.65 Å². The van der Waals surface area contributed by atoms with E-state index in [0.717, 1.165) is 41.0 Å². The number of nitrogens with zero attached hydrogens (tertiary/aromatic N) is 4. The summed E-state index contributed by atoms with van der Waals surface area (Å²) in [6.45, 7) is 7.79. The molecule has 2 aliphatic rings. The number of aromatic nitrogens is 3. The summed E-state index contributed by atoms with van der Waals surface area (Å²) >= 11 is 0. The third kappa shape index (κ3) is 4.17. The molecule has 0 radical (unpaired) electrons. The van der Waals surface area contributed by atoms with E-state index in [1.54, 1.807) is 12.3 Å². The molecule has 2 unspecified atom stereocenters. The monoisotopic (exact) mass is 440 g/mol. The van der Waals surface area contributed by atoms with Gasteiger partial charge >= 0.3 is 0 Å². The zero-order chi connectivity index (χ0) is 21.6. The molecule has 2 atom stereocenters. The maximum absolute atomic E-state index is 13.2. The number of hydrogen-bond donors (Lipinski definition) is 2. The van der Waals surface area contributed by atoms with Crippen molar-refractivity contribution in [1.29, 1.82) is 0 Å². The fourth-order valence-electron chi connectivity index (χ4n) is 4.51. The number of piperidine rings is 1. The average Bonchev–Trinajstić information content (AvgIpc) is 3.21. The molecule has 3 aromatic heterocycles. The van der Waals surface area contributed by atoms with Gasteiger partial charge in [-0.05, 0) is 55.9 Å². The highest BCUT2D eigenvalue weighted by molar-refractivity contribution is 7.89. The lowest BCUT2D eigenvalue weighted by atomic mass is 10.3. The van der Waals surface area contributed by atoms with Crippen LogP contribution in [0.5, 0.6) is 0 Å². The summed E-state index contributed by atoms with van der Waals surface area (Å²) in [7, 11) is -3.76. The predicted octanol–water partition coefficient (Wildman–Crippen LogP) is 2.19. The van der Waals surface area contributed by atoms with E-state index < -0.39 is 10.0 Å². The highest BCUT2D eigenvalue weighted by atomic mass is 32.2. The van der Waals surface area contributed by atoms with Gasteiger partial charge in [-0.1, -0.05) is 6.07 Å². The largest absolute Gasteiger partial charge is 0.368 e. The normalized spacial score (nSPS) is 20.8. The Balaban J connectivity index is 1.30. The first kappa shape index (κ1) is 20.4. The summed E-state index contributed by atoms with van der Waals surface area (Å²) in [6.07, 6.45) is 4.97. The van der Waals surface area contributed by atoms with E-state index in [9.17, 15) is 8.42 Å². The number of sulfonamides is 1. The third-order valence-corrected chi connectivity index (χ3v) is 7.73. The minimum atomic E-state index is -3.76. The van der Waals surface area contributed by atoms with E-state index >= 15 is 0 Å². The molecule has 31 heavy (non-hydrogen) atoms. The molecule has 8 nitrogen and oxygen atoms in total. The molecular weight excluding hydrogens is 412 g/mol. The van der Waals surface area contributed by atoms with Gasteiger partial charge in [0.15, 0.2) is 0 Å². The van der Waals surface area contributed by atoms with Gasteiger partial charge in [0.2, 0.25) is 10.0 Å². The third-order valence-electron chi connectivity index (χ3n) is 6.31. The van der Waals surface area contributed by atoms with Crippen LogP contribution in [0, 0.1) is 25.7 Å². The van der Waals surface area contributed by atoms with Crippen LogP contribution in [0.15, 0.2) is 41.6 Å². The van der Waals surface area contributed by atoms with Gasteiger partial charge in [0.05, 0.1) is 17.9 Å². The number of pyridine rings is 2. The second-order valence-electron chi connectivity index (χ2n) is 8.70. The summed E-state index contributed by atoms with van der Waals surface area (Å²) in [5.74, 6) is 2.18. The van der Waals surface area contributed by atoms with E-state index in [4.69, 9.17) is 0 Å². The fraction of sp³-hybridized carbons (Fsp3) is 0.455. The van der Waals surface area contributed by atoms with Gasteiger partial charge in [0, 0.05) is 38.6 Å². The number of rotatable bonds is 8. The minimum absolute atomic E-state index is 0.156. The lowest BCUT2D eigenvalue weighted by Gasteiger charge is -2.18. The molecule has 0 spiro atoms. The number of imidazole rings is 1. The second kappa shape index (κ2) is 7.89. The SMILES string of the molecule is Cc1cnc(NCCN2CC3CC3C2)c(S(=O)(=O)NCc2c(C)nc3ccccn23)c1. The summed E-state index contributed by atoms with van der Waals surface area (Å²) in [5.41, 5.74) is 3.23. The molecule has 0 aromatic carbocycles. The van der Waals surface area contributed by atoms with Crippen LogP contribution in [-0.2, 0) is 16.6 Å². The van der Waals surface area contributed by atoms with Gasteiger partial charge < -0.3 is 14.6 Å². The topological polar surface area (TPSA) is 91.6 Å². The summed E-state index contributed by atoms with van der Waals surface area (Å²) < 4.78 is 31.0. The molecule has 1 aliphatic heterocycles. The number of anilines is 1. The molecule has 164 valence electrons. The van der Waals surface area contributed by atoms with Crippen molar-refractivity contribution >= 4 is 21.5 Å². The molecule has 1 saturated carbocycles. The molecule has 1 aliphatic carbocycles. The van der Waals surface area contributed by atoms with Crippen LogP contribution in [0.2, 0.25) is 0 Å². The predicted molar refractivity (Wildman–Crippen MR) is 119 cm³/mol. The van der Waals surface area contributed by atoms with Gasteiger partial charge in [-0.25, -0.2) is 23.1 Å². The van der Waals surface area contributed by atoms with Crippen molar-refractivity contribution in [3.8, 4) is 0 Å². The van der Waals surface area contributed by atoms with Crippen LogP contribution in [-0.4, -0.2) is 53.9 Å². The second-order valence-corrected chi connectivity index (χ2v) is 10.4. The number of aryl methyl sites for hydroxylation is 2. The van der Waals surface area contributed by atoms with Gasteiger partial charge in [-0.15, -0.1) is 0 Å². The van der Waals surface area contributed by atoms with Crippen molar-refractivity contribution in [2.75, 3.05) is 31.5 Å². The Morgan fingerprint density at radius 3 is 2.81 bits per heavy atom. The molecule has 2 fully saturated rings. The molecule has 1 saturated heterocycles. The quantitative estimate of drug-likeness (QED) is 0.558. The number of likely N-dealkylation sites (tertiary alicyclic amines) is 1. The zero-order valence-corrected chi connectivity index (χ0v) is 18.7. The van der Waals surface area contributed by atoms with E-state index in [0.29, 0.717) is 12.4 Å². The van der Waals surface area contributed by atoms with Crippen molar-refractivity contribution in [3.05, 3.63) is 53.6 Å². The maximum Gasteiger partial charge on any atom is 0.244 e. The van der Waals surface area contributed by atoms with Crippen molar-refractivity contribution < 1.29 is 8.42 Å². The van der Waals surface area contributed by atoms with E-state index in [2.05, 4.69) is 24.9 Å². The summed E-state index contributed by atoms with van der Waals surface area (Å²) in [6, 6.07) is 7.39. The minimum Gasteiger partial charge on any atom is -0.368 e. The molecule has 0 bridgehead atoms. The zero-order valence-electron chi connectivity index (χ0n) is 17.9. The van der Waals surface area contributed by atoms with Crippen LogP contribution < -0.4 is 10.0 Å². The van der Waals surface area contributed by atoms with Crippen LogP contribution >= 0.6 is 0 Å². The summed E-state index contributed by atoms with van der Waals surface area (Å²) in [5, 5.41) is 3.25. The Hall–Kier alpha value is -2.49. The van der Waals surface area contributed by atoms with Crippen LogP contribution in [0.1, 0.15) is 23.4 Å². The Kier molecular flexibility index (Phi) is 5.19. The maximum atomic E-state index is 13.2. The first-order chi connectivity index (χ1) is 14.9. The Morgan fingerprint density at radius 1 is 1.19 bits per heavy atom. The Labute approximate surface area is 182 Å². The first-order valence-corrected chi connectivity index (χ1v) is 12.2. The number of nitrogens with one attached hydrogen (secondary N) is 2. The Bertz CT molecular complexity index is 1210. The lowest BCUT2D eigenvalue weighted by molar-refractivity contribution is 0.316. The molecule has 4 heterocycles. The van der Waals surface area contributed by atoms with Crippen molar-refractivity contribution in [3.63, 3.8) is 0 Å². The average molecular weight is 441 g/mol. The van der Waals surface area contributed by atoms with Gasteiger partial charge in [-0.2, -0.15) is 0 Å². The lowest BCUT2D eigenvalue weighted by Crippen LogP contribution is -2.30. The van der Waals surface area contributed by atoms with Gasteiger partial charge in [0.25, 0.3) is 0 Å². The highest BCUT2D eigenvalue weighted by Gasteiger charge is 2.44. The molecule has 0 amide bonds. The summed E-state index contributed by atoms with van der Waals surface area (Å²) in [4.78, 5) is 11.5. The smallest absolute Gasteiger partial charge is 0.244 e. The Morgan fingerprint density at radius 2 is 2.00 bits per heavy atom. The van der Waals surface area contributed by atoms with Crippen molar-refractivity contribution in [2.45, 2.75) is 31.7 Å². The molecular formula is C22H28N6O2S. The molecule has 9 heteroatoms. The van der Waals surface area contributed by atoms with Crippen molar-refractivity contribution in [1.82, 2.24) is 24.0 Å². The van der Waals surface area contributed by atoms with Gasteiger partial charge in [0.1, 0.15) is 16.4 Å². The van der Waals surface area contributed by atoms with E-state index in [-0.39, 0.29) is 11.4 Å². The van der Waals surface area contributed by atoms with E-state index in [1.165, 1.54) is 19.5 Å². The standard InChI is InChI=1S/C22H28N6O2S/c1-15-9-20(22(24-11-15)23-6-8-27-13-17-10-18(17)14-27)31(29,30)25-12-19-16(2)26-21-5-3-4-7-28(19)21/h3-5,7,9,11,17-18,25H,6,8,10,12-14H2,1-2H3,(H,23,24).